The molecule has 0 N–H and O–H groups in total. The number of carbonyl (C=O) groups is 2. The molecule has 7 nitrogen and oxygen atoms in total. The minimum atomic E-state index is -3.66. The molecule has 1 atom stereocenters. The minimum Gasteiger partial charge on any atom is -0.340 e. The molecular formula is C25H31N3O4S2. The summed E-state index contributed by atoms with van der Waals surface area (Å²) in [7, 11) is -1.94. The van der Waals surface area contributed by atoms with Gasteiger partial charge in [-0.1, -0.05) is 43.7 Å². The molecule has 9 heteroatoms. The lowest BCUT2D eigenvalue weighted by molar-refractivity contribution is -0.130. The lowest BCUT2D eigenvalue weighted by atomic mass is 10.2. The first kappa shape index (κ1) is 24.8. The summed E-state index contributed by atoms with van der Waals surface area (Å²) in [5, 5.41) is 0.0259. The SMILES string of the molecule is CC1CC(=O)N(CC(=O)N(C)Cc2ccccc2)c2cc(S(=O)(=O)N3CCCCC3)ccc2S1. The van der Waals surface area contributed by atoms with Crippen LogP contribution in [-0.4, -0.2) is 61.4 Å². The van der Waals surface area contributed by atoms with Crippen LogP contribution in [0.2, 0.25) is 0 Å². The van der Waals surface area contributed by atoms with Crippen molar-refractivity contribution in [3.05, 3.63) is 54.1 Å². The van der Waals surface area contributed by atoms with E-state index in [9.17, 15) is 18.0 Å². The van der Waals surface area contributed by atoms with Gasteiger partial charge in [0.1, 0.15) is 6.54 Å². The molecule has 2 heterocycles. The summed E-state index contributed by atoms with van der Waals surface area (Å²) in [6.45, 7) is 3.30. The molecule has 0 spiro atoms. The monoisotopic (exact) mass is 501 g/mol. The van der Waals surface area contributed by atoms with Crippen LogP contribution in [0, 0.1) is 0 Å². The van der Waals surface area contributed by atoms with Crippen molar-refractivity contribution in [2.45, 2.75) is 54.2 Å². The molecule has 2 amide bonds. The van der Waals surface area contributed by atoms with Crippen molar-refractivity contribution in [1.82, 2.24) is 9.21 Å². The number of fused-ring (bicyclic) bond motifs is 1. The van der Waals surface area contributed by atoms with E-state index in [1.165, 1.54) is 21.0 Å². The first-order valence-corrected chi connectivity index (χ1v) is 14.0. The fourth-order valence-electron chi connectivity index (χ4n) is 4.35. The number of carbonyl (C=O) groups excluding carboxylic acids is 2. The Kier molecular flexibility index (Phi) is 7.64. The number of amides is 2. The zero-order valence-corrected chi connectivity index (χ0v) is 21.3. The van der Waals surface area contributed by atoms with Crippen molar-refractivity contribution < 1.29 is 18.0 Å². The van der Waals surface area contributed by atoms with Gasteiger partial charge in [-0.3, -0.25) is 9.59 Å². The van der Waals surface area contributed by atoms with Gasteiger partial charge in [-0.05, 0) is 36.6 Å². The molecule has 4 rings (SSSR count). The second-order valence-electron chi connectivity index (χ2n) is 8.94. The number of nitrogens with zero attached hydrogens (tertiary/aromatic N) is 3. The van der Waals surface area contributed by atoms with Gasteiger partial charge in [-0.2, -0.15) is 4.31 Å². The Bertz CT molecular complexity index is 1150. The van der Waals surface area contributed by atoms with E-state index in [1.807, 2.05) is 37.3 Å². The Morgan fingerprint density at radius 2 is 1.79 bits per heavy atom. The third-order valence-electron chi connectivity index (χ3n) is 6.25. The predicted octanol–water partition coefficient (Wildman–Crippen LogP) is 3.74. The number of hydrogen-bond donors (Lipinski definition) is 0. The fourth-order valence-corrected chi connectivity index (χ4v) is 6.98. The van der Waals surface area contributed by atoms with Crippen molar-refractivity contribution in [2.24, 2.45) is 0 Å². The topological polar surface area (TPSA) is 78.0 Å². The summed E-state index contributed by atoms with van der Waals surface area (Å²) in [4.78, 5) is 30.3. The largest absolute Gasteiger partial charge is 0.340 e. The van der Waals surface area contributed by atoms with Gasteiger partial charge in [0.25, 0.3) is 0 Å². The smallest absolute Gasteiger partial charge is 0.243 e. The Hall–Kier alpha value is -2.36. The molecule has 1 unspecified atom stereocenters. The third kappa shape index (κ3) is 5.47. The molecule has 0 aliphatic carbocycles. The van der Waals surface area contributed by atoms with Gasteiger partial charge in [0.05, 0.1) is 10.6 Å². The summed E-state index contributed by atoms with van der Waals surface area (Å²) >= 11 is 1.54. The lowest BCUT2D eigenvalue weighted by Gasteiger charge is -2.28. The highest BCUT2D eigenvalue weighted by Gasteiger charge is 2.32. The second kappa shape index (κ2) is 10.5. The number of anilines is 1. The molecule has 0 radical (unpaired) electrons. The van der Waals surface area contributed by atoms with Gasteiger partial charge in [0.15, 0.2) is 0 Å². The van der Waals surface area contributed by atoms with Crippen molar-refractivity contribution in [1.29, 1.82) is 0 Å². The Labute approximate surface area is 206 Å². The highest BCUT2D eigenvalue weighted by atomic mass is 32.2. The van der Waals surface area contributed by atoms with Crippen LogP contribution in [-0.2, 0) is 26.2 Å². The standard InChI is InChI=1S/C25H31N3O4S2/c1-19-15-24(29)28(18-25(30)26(2)17-20-9-5-3-6-10-20)22-16-21(11-12-23(22)33-19)34(31,32)27-13-7-4-8-14-27/h3,5-6,9-12,16,19H,4,7-8,13-15,17-18H2,1-2H3. The van der Waals surface area contributed by atoms with Crippen molar-refractivity contribution >= 4 is 39.3 Å². The van der Waals surface area contributed by atoms with Crippen molar-refractivity contribution in [2.75, 3.05) is 31.6 Å². The third-order valence-corrected chi connectivity index (χ3v) is 9.31. The van der Waals surface area contributed by atoms with Crippen LogP contribution >= 0.6 is 11.8 Å². The molecular weight excluding hydrogens is 470 g/mol. The Morgan fingerprint density at radius 3 is 2.50 bits per heavy atom. The maximum absolute atomic E-state index is 13.3. The van der Waals surface area contributed by atoms with Crippen LogP contribution in [0.3, 0.4) is 0 Å². The van der Waals surface area contributed by atoms with Gasteiger partial charge in [-0.25, -0.2) is 8.42 Å². The molecule has 1 fully saturated rings. The zero-order chi connectivity index (χ0) is 24.3. The van der Waals surface area contributed by atoms with Gasteiger partial charge in [-0.15, -0.1) is 11.8 Å². The maximum atomic E-state index is 13.3. The quantitative estimate of drug-likeness (QED) is 0.603. The minimum absolute atomic E-state index is 0.0259. The van der Waals surface area contributed by atoms with Crippen LogP contribution in [0.25, 0.3) is 0 Å². The van der Waals surface area contributed by atoms with E-state index in [-0.39, 0.29) is 34.9 Å². The predicted molar refractivity (Wildman–Crippen MR) is 134 cm³/mol. The molecule has 0 saturated carbocycles. The van der Waals surface area contributed by atoms with Gasteiger partial charge < -0.3 is 9.80 Å². The zero-order valence-electron chi connectivity index (χ0n) is 19.6. The summed E-state index contributed by atoms with van der Waals surface area (Å²) < 4.78 is 28.1. The van der Waals surface area contributed by atoms with E-state index in [1.54, 1.807) is 30.1 Å². The first-order valence-electron chi connectivity index (χ1n) is 11.6. The Balaban J connectivity index is 1.62. The molecule has 182 valence electrons. The fraction of sp³-hybridized carbons (Fsp3) is 0.440. The molecule has 0 bridgehead atoms. The van der Waals surface area contributed by atoms with Crippen LogP contribution in [0.4, 0.5) is 5.69 Å². The average molecular weight is 502 g/mol. The molecule has 1 saturated heterocycles. The van der Waals surface area contributed by atoms with Crippen LogP contribution < -0.4 is 4.90 Å². The second-order valence-corrected chi connectivity index (χ2v) is 12.4. The van der Waals surface area contributed by atoms with E-state index in [4.69, 9.17) is 0 Å². The van der Waals surface area contributed by atoms with Crippen LogP contribution in [0.1, 0.15) is 38.2 Å². The number of sulfonamides is 1. The normalized spacial score (nSPS) is 19.4. The highest BCUT2D eigenvalue weighted by Crippen LogP contribution is 2.39. The molecule has 2 aromatic carbocycles. The summed E-state index contributed by atoms with van der Waals surface area (Å²) in [5.41, 5.74) is 1.50. The number of thioether (sulfide) groups is 1. The van der Waals surface area contributed by atoms with Crippen molar-refractivity contribution in [3.8, 4) is 0 Å². The molecule has 2 aliphatic rings. The number of piperidine rings is 1. The van der Waals surface area contributed by atoms with Crippen molar-refractivity contribution in [3.63, 3.8) is 0 Å². The van der Waals surface area contributed by atoms with Gasteiger partial charge in [0, 0.05) is 43.2 Å². The number of rotatable bonds is 6. The lowest BCUT2D eigenvalue weighted by Crippen LogP contribution is -2.41. The molecule has 2 aliphatic heterocycles. The van der Waals surface area contributed by atoms with E-state index in [2.05, 4.69) is 0 Å². The van der Waals surface area contributed by atoms with E-state index in [0.717, 1.165) is 29.7 Å². The summed E-state index contributed by atoms with van der Waals surface area (Å²) in [6, 6.07) is 14.6. The molecule has 0 aromatic heterocycles. The van der Waals surface area contributed by atoms with E-state index >= 15 is 0 Å². The molecule has 34 heavy (non-hydrogen) atoms. The summed E-state index contributed by atoms with van der Waals surface area (Å²) in [5.74, 6) is -0.375. The van der Waals surface area contributed by atoms with Gasteiger partial charge >= 0.3 is 0 Å². The highest BCUT2D eigenvalue weighted by molar-refractivity contribution is 8.00. The average Bonchev–Trinajstić information content (AvgIpc) is 2.94. The van der Waals surface area contributed by atoms with Crippen LogP contribution in [0.5, 0.6) is 0 Å². The van der Waals surface area contributed by atoms with E-state index < -0.39 is 10.0 Å². The maximum Gasteiger partial charge on any atom is 0.243 e. The molecule has 2 aromatic rings. The number of likely N-dealkylation sites (N-methyl/N-ethyl adjacent to an activating group) is 1. The summed E-state index contributed by atoms with van der Waals surface area (Å²) in [6.07, 6.45) is 3.02. The number of hydrogen-bond acceptors (Lipinski definition) is 5. The first-order chi connectivity index (χ1) is 16.3. The van der Waals surface area contributed by atoms with Crippen LogP contribution in [0.15, 0.2) is 58.3 Å². The Morgan fingerprint density at radius 1 is 1.09 bits per heavy atom. The van der Waals surface area contributed by atoms with E-state index in [0.29, 0.717) is 25.3 Å². The number of benzene rings is 2. The van der Waals surface area contributed by atoms with Gasteiger partial charge in [0.2, 0.25) is 21.8 Å².